The first-order valence-electron chi connectivity index (χ1n) is 8.92. The highest BCUT2D eigenvalue weighted by atomic mass is 16.5. The van der Waals surface area contributed by atoms with Gasteiger partial charge in [-0.1, -0.05) is 40.7 Å². The van der Waals surface area contributed by atoms with Crippen molar-refractivity contribution in [1.29, 1.82) is 0 Å². The van der Waals surface area contributed by atoms with Gasteiger partial charge >= 0.3 is 0 Å². The lowest BCUT2D eigenvalue weighted by atomic mass is 10.1. The average Bonchev–Trinajstić information content (AvgIpc) is 3.44. The molecule has 5 aromatic rings. The second-order valence-electron chi connectivity index (χ2n) is 6.58. The molecule has 0 bridgehead atoms. The molecule has 4 heterocycles. The molecule has 8 nitrogen and oxygen atoms in total. The van der Waals surface area contributed by atoms with E-state index in [0.717, 1.165) is 39.3 Å². The standard InChI is InChI=1S/C20H17N7O/c1-14-18(19(24-28-14)15-5-3-2-4-6-15)12-27-11-17(23-25-27)10-26-8-7-16-9-21-13-22-20(16)26/h2-9,11,13H,10,12H2,1H3. The molecule has 4 aromatic heterocycles. The third-order valence-electron chi connectivity index (χ3n) is 4.70. The fraction of sp³-hybridized carbons (Fsp3) is 0.150. The molecule has 0 spiro atoms. The fourth-order valence-electron chi connectivity index (χ4n) is 3.28. The minimum absolute atomic E-state index is 0.543. The van der Waals surface area contributed by atoms with Crippen LogP contribution in [-0.4, -0.2) is 34.7 Å². The summed E-state index contributed by atoms with van der Waals surface area (Å²) in [5.41, 5.74) is 4.59. The Hall–Kier alpha value is -3.81. The largest absolute Gasteiger partial charge is 0.361 e. The zero-order chi connectivity index (χ0) is 18.9. The number of aromatic nitrogens is 7. The molecule has 8 heteroatoms. The van der Waals surface area contributed by atoms with E-state index in [1.165, 1.54) is 0 Å². The van der Waals surface area contributed by atoms with Crippen molar-refractivity contribution in [2.45, 2.75) is 20.0 Å². The molecule has 0 aliphatic carbocycles. The van der Waals surface area contributed by atoms with Gasteiger partial charge in [0.2, 0.25) is 0 Å². The van der Waals surface area contributed by atoms with Crippen LogP contribution in [0, 0.1) is 6.92 Å². The predicted octanol–water partition coefficient (Wildman–Crippen LogP) is 3.08. The Kier molecular flexibility index (Phi) is 3.93. The van der Waals surface area contributed by atoms with Crippen LogP contribution in [-0.2, 0) is 13.1 Å². The monoisotopic (exact) mass is 371 g/mol. The first-order chi connectivity index (χ1) is 13.8. The van der Waals surface area contributed by atoms with Gasteiger partial charge in [0.25, 0.3) is 0 Å². The predicted molar refractivity (Wildman–Crippen MR) is 102 cm³/mol. The molecule has 0 N–H and O–H groups in total. The van der Waals surface area contributed by atoms with Crippen LogP contribution in [0.2, 0.25) is 0 Å². The number of nitrogens with zero attached hydrogens (tertiary/aromatic N) is 7. The Balaban J connectivity index is 1.40. The van der Waals surface area contributed by atoms with E-state index in [0.29, 0.717) is 13.1 Å². The molecule has 0 unspecified atom stereocenters. The molecule has 0 atom stereocenters. The van der Waals surface area contributed by atoms with E-state index in [4.69, 9.17) is 4.52 Å². The van der Waals surface area contributed by atoms with Gasteiger partial charge < -0.3 is 9.09 Å². The number of benzene rings is 1. The van der Waals surface area contributed by atoms with Gasteiger partial charge in [-0.3, -0.25) is 0 Å². The lowest BCUT2D eigenvalue weighted by molar-refractivity contribution is 0.397. The van der Waals surface area contributed by atoms with Crippen molar-refractivity contribution >= 4 is 11.0 Å². The Morgan fingerprint density at radius 1 is 1.07 bits per heavy atom. The zero-order valence-electron chi connectivity index (χ0n) is 15.2. The van der Waals surface area contributed by atoms with Crippen molar-refractivity contribution in [3.63, 3.8) is 0 Å². The van der Waals surface area contributed by atoms with Gasteiger partial charge in [0.15, 0.2) is 0 Å². The minimum atomic E-state index is 0.543. The van der Waals surface area contributed by atoms with E-state index in [1.54, 1.807) is 12.5 Å². The molecule has 1 aromatic carbocycles. The second kappa shape index (κ2) is 6.73. The maximum absolute atomic E-state index is 5.43. The SMILES string of the molecule is Cc1onc(-c2ccccc2)c1Cn1cc(Cn2ccc3cncnc32)nn1. The first-order valence-corrected chi connectivity index (χ1v) is 8.92. The lowest BCUT2D eigenvalue weighted by Gasteiger charge is -2.03. The Labute approximate surface area is 160 Å². The number of fused-ring (bicyclic) bond motifs is 1. The van der Waals surface area contributed by atoms with Crippen LogP contribution < -0.4 is 0 Å². The van der Waals surface area contributed by atoms with E-state index in [1.807, 2.05) is 65.0 Å². The summed E-state index contributed by atoms with van der Waals surface area (Å²) in [4.78, 5) is 8.39. The molecule has 0 radical (unpaired) electrons. The normalized spacial score (nSPS) is 11.3. The highest BCUT2D eigenvalue weighted by Gasteiger charge is 2.16. The van der Waals surface area contributed by atoms with Gasteiger partial charge in [-0.2, -0.15) is 0 Å². The Morgan fingerprint density at radius 3 is 2.86 bits per heavy atom. The summed E-state index contributed by atoms with van der Waals surface area (Å²) in [7, 11) is 0. The van der Waals surface area contributed by atoms with Gasteiger partial charge in [0.05, 0.1) is 19.3 Å². The maximum Gasteiger partial charge on any atom is 0.143 e. The van der Waals surface area contributed by atoms with E-state index >= 15 is 0 Å². The third-order valence-corrected chi connectivity index (χ3v) is 4.70. The topological polar surface area (TPSA) is 87.5 Å². The van der Waals surface area contributed by atoms with Crippen LogP contribution in [0.3, 0.4) is 0 Å². The van der Waals surface area contributed by atoms with Crippen LogP contribution >= 0.6 is 0 Å². The van der Waals surface area contributed by atoms with Crippen LogP contribution in [0.1, 0.15) is 17.0 Å². The van der Waals surface area contributed by atoms with Crippen molar-refractivity contribution < 1.29 is 4.52 Å². The summed E-state index contributed by atoms with van der Waals surface area (Å²) < 4.78 is 9.27. The molecule has 0 amide bonds. The van der Waals surface area contributed by atoms with Gasteiger partial charge in [-0.25, -0.2) is 14.6 Å². The quantitative estimate of drug-likeness (QED) is 0.472. The van der Waals surface area contributed by atoms with E-state index in [9.17, 15) is 0 Å². The van der Waals surface area contributed by atoms with Crippen LogP contribution in [0.5, 0.6) is 0 Å². The zero-order valence-corrected chi connectivity index (χ0v) is 15.2. The average molecular weight is 371 g/mol. The maximum atomic E-state index is 5.43. The molecule has 0 saturated carbocycles. The number of hydrogen-bond donors (Lipinski definition) is 0. The number of hydrogen-bond acceptors (Lipinski definition) is 6. The van der Waals surface area contributed by atoms with Crippen molar-refractivity contribution in [3.05, 3.63) is 78.3 Å². The van der Waals surface area contributed by atoms with Crippen LogP contribution in [0.4, 0.5) is 0 Å². The fourth-order valence-corrected chi connectivity index (χ4v) is 3.28. The Bertz CT molecular complexity index is 1240. The van der Waals surface area contributed by atoms with Crippen molar-refractivity contribution in [2.24, 2.45) is 0 Å². The molecule has 138 valence electrons. The molecule has 28 heavy (non-hydrogen) atoms. The van der Waals surface area contributed by atoms with E-state index < -0.39 is 0 Å². The van der Waals surface area contributed by atoms with Gasteiger partial charge in [-0.05, 0) is 13.0 Å². The highest BCUT2D eigenvalue weighted by molar-refractivity contribution is 5.74. The summed E-state index contributed by atoms with van der Waals surface area (Å²) in [5.74, 6) is 0.781. The Morgan fingerprint density at radius 2 is 1.96 bits per heavy atom. The lowest BCUT2D eigenvalue weighted by Crippen LogP contribution is -2.02. The van der Waals surface area contributed by atoms with Gasteiger partial charge in [0.1, 0.15) is 29.1 Å². The van der Waals surface area contributed by atoms with Gasteiger partial charge in [0, 0.05) is 28.9 Å². The summed E-state index contributed by atoms with van der Waals surface area (Å²) in [5, 5.41) is 13.8. The number of rotatable bonds is 5. The molecular weight excluding hydrogens is 354 g/mol. The molecule has 0 aliphatic rings. The van der Waals surface area contributed by atoms with E-state index in [-0.39, 0.29) is 0 Å². The summed E-state index contributed by atoms with van der Waals surface area (Å²) in [6.07, 6.45) is 7.27. The van der Waals surface area contributed by atoms with E-state index in [2.05, 4.69) is 25.4 Å². The van der Waals surface area contributed by atoms with Crippen LogP contribution in [0.15, 0.2) is 65.8 Å². The molecule has 0 aliphatic heterocycles. The first kappa shape index (κ1) is 16.4. The third kappa shape index (κ3) is 2.94. The summed E-state index contributed by atoms with van der Waals surface area (Å²) in [6.45, 7) is 3.05. The summed E-state index contributed by atoms with van der Waals surface area (Å²) >= 11 is 0. The minimum Gasteiger partial charge on any atom is -0.361 e. The molecule has 0 fully saturated rings. The molecule has 0 saturated heterocycles. The molecule has 5 rings (SSSR count). The molecular formula is C20H17N7O. The van der Waals surface area contributed by atoms with Crippen LogP contribution in [0.25, 0.3) is 22.3 Å². The summed E-state index contributed by atoms with van der Waals surface area (Å²) in [6, 6.07) is 12.0. The van der Waals surface area contributed by atoms with Crippen molar-refractivity contribution in [1.82, 2.24) is 34.7 Å². The van der Waals surface area contributed by atoms with Crippen molar-refractivity contribution in [2.75, 3.05) is 0 Å². The number of aryl methyl sites for hydroxylation is 1. The highest BCUT2D eigenvalue weighted by Crippen LogP contribution is 2.25. The van der Waals surface area contributed by atoms with Crippen molar-refractivity contribution in [3.8, 4) is 11.3 Å². The van der Waals surface area contributed by atoms with Gasteiger partial charge in [-0.15, -0.1) is 5.10 Å². The second-order valence-corrected chi connectivity index (χ2v) is 6.58. The smallest absolute Gasteiger partial charge is 0.143 e.